The van der Waals surface area contributed by atoms with E-state index >= 15 is 0 Å². The molecule has 1 saturated heterocycles. The number of likely N-dealkylation sites (tertiary alicyclic amines) is 1. The molecule has 0 spiro atoms. The molecule has 1 aliphatic rings. The van der Waals surface area contributed by atoms with Crippen LogP contribution in [0.25, 0.3) is 10.8 Å². The van der Waals surface area contributed by atoms with Gasteiger partial charge in [0.1, 0.15) is 4.88 Å². The highest BCUT2D eigenvalue weighted by Crippen LogP contribution is 2.27. The van der Waals surface area contributed by atoms with Crippen molar-refractivity contribution in [2.45, 2.75) is 25.8 Å². The first-order valence-electron chi connectivity index (χ1n) is 7.19. The Labute approximate surface area is 152 Å². The van der Waals surface area contributed by atoms with Gasteiger partial charge in [0, 0.05) is 19.1 Å². The second kappa shape index (κ2) is 8.68. The van der Waals surface area contributed by atoms with Crippen LogP contribution in [0.1, 0.15) is 29.4 Å². The van der Waals surface area contributed by atoms with E-state index in [4.69, 9.17) is 10.2 Å². The fourth-order valence-electron chi connectivity index (χ4n) is 2.67. The molecule has 3 rings (SSSR count). The van der Waals surface area contributed by atoms with Gasteiger partial charge >= 0.3 is 0 Å². The Kier molecular flexibility index (Phi) is 7.54. The second-order valence-electron chi connectivity index (χ2n) is 5.50. The molecule has 2 aromatic heterocycles. The lowest BCUT2D eigenvalue weighted by Gasteiger charge is -2.33. The van der Waals surface area contributed by atoms with E-state index in [1.54, 1.807) is 12.5 Å². The molecule has 0 radical (unpaired) electrons. The first kappa shape index (κ1) is 20.0. The van der Waals surface area contributed by atoms with Gasteiger partial charge in [0.15, 0.2) is 10.8 Å². The Morgan fingerprint density at radius 1 is 1.43 bits per heavy atom. The summed E-state index contributed by atoms with van der Waals surface area (Å²) < 4.78 is 5.31. The molecule has 23 heavy (non-hydrogen) atoms. The van der Waals surface area contributed by atoms with Crippen LogP contribution in [0.5, 0.6) is 0 Å². The standard InChI is InChI=1S/C15H19N3O2S.2ClH/c1-10(16)11-4-6-18(7-5-11)15(19)13-9-17-14(21-13)12-3-2-8-20-12;;/h2-3,8-11H,4-7,16H2,1H3;2*1H. The zero-order chi connectivity index (χ0) is 14.8. The van der Waals surface area contributed by atoms with Crippen LogP contribution in [0.4, 0.5) is 0 Å². The number of nitrogens with zero attached hydrogens (tertiary/aromatic N) is 2. The Morgan fingerprint density at radius 3 is 2.70 bits per heavy atom. The average molecular weight is 378 g/mol. The van der Waals surface area contributed by atoms with E-state index in [0.29, 0.717) is 16.6 Å². The third-order valence-corrected chi connectivity index (χ3v) is 5.02. The maximum atomic E-state index is 12.5. The molecule has 0 saturated carbocycles. The maximum absolute atomic E-state index is 12.5. The number of amides is 1. The number of halogens is 2. The van der Waals surface area contributed by atoms with E-state index < -0.39 is 0 Å². The molecule has 3 heterocycles. The lowest BCUT2D eigenvalue weighted by atomic mass is 9.91. The number of furan rings is 1. The molecule has 1 fully saturated rings. The van der Waals surface area contributed by atoms with Crippen molar-refractivity contribution in [2.24, 2.45) is 11.7 Å². The summed E-state index contributed by atoms with van der Waals surface area (Å²) in [5, 5.41) is 0.744. The van der Waals surface area contributed by atoms with Gasteiger partial charge in [0.05, 0.1) is 12.5 Å². The number of hydrogen-bond donors (Lipinski definition) is 1. The van der Waals surface area contributed by atoms with Gasteiger partial charge in [-0.05, 0) is 37.8 Å². The van der Waals surface area contributed by atoms with Crippen molar-refractivity contribution < 1.29 is 9.21 Å². The second-order valence-corrected chi connectivity index (χ2v) is 6.53. The van der Waals surface area contributed by atoms with E-state index in [0.717, 1.165) is 30.9 Å². The van der Waals surface area contributed by atoms with Crippen LogP contribution in [0.15, 0.2) is 29.0 Å². The Morgan fingerprint density at radius 2 is 2.13 bits per heavy atom. The number of aromatic nitrogens is 1. The minimum atomic E-state index is 0. The van der Waals surface area contributed by atoms with Crippen molar-refractivity contribution in [3.8, 4) is 10.8 Å². The van der Waals surface area contributed by atoms with Gasteiger partial charge in [0.2, 0.25) is 0 Å². The number of hydrogen-bond acceptors (Lipinski definition) is 5. The quantitative estimate of drug-likeness (QED) is 0.888. The largest absolute Gasteiger partial charge is 0.462 e. The van der Waals surface area contributed by atoms with Gasteiger partial charge in [-0.25, -0.2) is 4.98 Å². The lowest BCUT2D eigenvalue weighted by Crippen LogP contribution is -2.42. The number of thiazole rings is 1. The summed E-state index contributed by atoms with van der Waals surface area (Å²) >= 11 is 1.38. The highest BCUT2D eigenvalue weighted by molar-refractivity contribution is 7.16. The fourth-order valence-corrected chi connectivity index (χ4v) is 3.52. The molecule has 128 valence electrons. The number of carbonyl (C=O) groups is 1. The van der Waals surface area contributed by atoms with Crippen molar-refractivity contribution in [1.29, 1.82) is 0 Å². The monoisotopic (exact) mass is 377 g/mol. The molecule has 0 bridgehead atoms. The smallest absolute Gasteiger partial charge is 0.265 e. The summed E-state index contributed by atoms with van der Waals surface area (Å²) in [5.74, 6) is 1.29. The molecule has 2 N–H and O–H groups in total. The first-order chi connectivity index (χ1) is 10.1. The summed E-state index contributed by atoms with van der Waals surface area (Å²) in [7, 11) is 0. The van der Waals surface area contributed by atoms with E-state index in [1.165, 1.54) is 11.3 Å². The van der Waals surface area contributed by atoms with Crippen molar-refractivity contribution in [3.05, 3.63) is 29.5 Å². The molecule has 1 unspecified atom stereocenters. The van der Waals surface area contributed by atoms with E-state index in [9.17, 15) is 4.79 Å². The normalized spacial score (nSPS) is 16.3. The Bertz CT molecular complexity index is 608. The van der Waals surface area contributed by atoms with Crippen LogP contribution in [0, 0.1) is 5.92 Å². The Balaban J connectivity index is 0.00000132. The molecule has 0 aromatic carbocycles. The number of piperidine rings is 1. The predicted molar refractivity (Wildman–Crippen MR) is 96.6 cm³/mol. The highest BCUT2D eigenvalue weighted by atomic mass is 35.5. The summed E-state index contributed by atoms with van der Waals surface area (Å²) in [4.78, 5) is 19.3. The average Bonchev–Trinajstić information content (AvgIpc) is 3.17. The topological polar surface area (TPSA) is 72.4 Å². The summed E-state index contributed by atoms with van der Waals surface area (Å²) in [6, 6.07) is 3.87. The van der Waals surface area contributed by atoms with Crippen molar-refractivity contribution in [1.82, 2.24) is 9.88 Å². The molecule has 5 nitrogen and oxygen atoms in total. The van der Waals surface area contributed by atoms with Gasteiger partial charge in [-0.3, -0.25) is 4.79 Å². The van der Waals surface area contributed by atoms with Gasteiger partial charge < -0.3 is 15.1 Å². The van der Waals surface area contributed by atoms with Gasteiger partial charge in [-0.1, -0.05) is 0 Å². The highest BCUT2D eigenvalue weighted by Gasteiger charge is 2.26. The molecule has 0 aliphatic carbocycles. The molecule has 8 heteroatoms. The minimum absolute atomic E-state index is 0. The Hall–Kier alpha value is -1.08. The lowest BCUT2D eigenvalue weighted by molar-refractivity contribution is 0.0685. The summed E-state index contributed by atoms with van der Waals surface area (Å²) in [6.07, 6.45) is 5.21. The van der Waals surface area contributed by atoms with Gasteiger partial charge in [-0.15, -0.1) is 36.2 Å². The fraction of sp³-hybridized carbons (Fsp3) is 0.467. The van der Waals surface area contributed by atoms with Crippen LogP contribution in [0.3, 0.4) is 0 Å². The molecular formula is C15H21Cl2N3O2S. The van der Waals surface area contributed by atoms with E-state index in [1.807, 2.05) is 24.0 Å². The third kappa shape index (κ3) is 4.47. The number of rotatable bonds is 3. The zero-order valence-electron chi connectivity index (χ0n) is 12.8. The van der Waals surface area contributed by atoms with E-state index in [-0.39, 0.29) is 36.8 Å². The number of carbonyl (C=O) groups excluding carboxylic acids is 1. The molecule has 2 aromatic rings. The van der Waals surface area contributed by atoms with Crippen LogP contribution >= 0.6 is 36.2 Å². The zero-order valence-corrected chi connectivity index (χ0v) is 15.3. The molecule has 1 atom stereocenters. The first-order valence-corrected chi connectivity index (χ1v) is 8.01. The van der Waals surface area contributed by atoms with Crippen LogP contribution in [-0.4, -0.2) is 34.9 Å². The number of nitrogens with two attached hydrogens (primary N) is 1. The molecule has 1 aliphatic heterocycles. The van der Waals surface area contributed by atoms with Crippen molar-refractivity contribution in [3.63, 3.8) is 0 Å². The summed E-state index contributed by atoms with van der Waals surface area (Å²) in [5.41, 5.74) is 5.94. The van der Waals surface area contributed by atoms with Crippen molar-refractivity contribution in [2.75, 3.05) is 13.1 Å². The van der Waals surface area contributed by atoms with Gasteiger partial charge in [-0.2, -0.15) is 0 Å². The molecular weight excluding hydrogens is 357 g/mol. The third-order valence-electron chi connectivity index (χ3n) is 4.02. The molecule has 1 amide bonds. The van der Waals surface area contributed by atoms with Crippen LogP contribution in [0.2, 0.25) is 0 Å². The van der Waals surface area contributed by atoms with Crippen LogP contribution < -0.4 is 5.73 Å². The van der Waals surface area contributed by atoms with Crippen LogP contribution in [-0.2, 0) is 0 Å². The van der Waals surface area contributed by atoms with Crippen molar-refractivity contribution >= 4 is 42.1 Å². The predicted octanol–water partition coefficient (Wildman–Crippen LogP) is 3.45. The minimum Gasteiger partial charge on any atom is -0.462 e. The maximum Gasteiger partial charge on any atom is 0.265 e. The van der Waals surface area contributed by atoms with Gasteiger partial charge in [0.25, 0.3) is 5.91 Å². The van der Waals surface area contributed by atoms with E-state index in [2.05, 4.69) is 4.98 Å². The summed E-state index contributed by atoms with van der Waals surface area (Å²) in [6.45, 7) is 3.60. The SMILES string of the molecule is CC(N)C1CCN(C(=O)c2cnc(-c3ccco3)s2)CC1.Cl.Cl.